The zero-order valence-corrected chi connectivity index (χ0v) is 14.3. The number of carbonyl (C=O) groups is 1. The quantitative estimate of drug-likeness (QED) is 0.839. The number of halogens is 1. The van der Waals surface area contributed by atoms with Crippen molar-refractivity contribution in [2.45, 2.75) is 78.0 Å². The van der Waals surface area contributed by atoms with Gasteiger partial charge in [0.05, 0.1) is 11.6 Å². The zero-order chi connectivity index (χ0) is 14.7. The van der Waals surface area contributed by atoms with Crippen molar-refractivity contribution < 1.29 is 9.53 Å². The lowest BCUT2D eigenvalue weighted by molar-refractivity contribution is -0.128. The Balaban J connectivity index is 0.00000361. The first-order valence-electron chi connectivity index (χ1n) is 7.38. The Labute approximate surface area is 129 Å². The third-order valence-corrected chi connectivity index (χ3v) is 3.87. The van der Waals surface area contributed by atoms with Gasteiger partial charge in [-0.3, -0.25) is 4.79 Å². The van der Waals surface area contributed by atoms with Crippen LogP contribution in [-0.4, -0.2) is 30.2 Å². The lowest BCUT2D eigenvalue weighted by Gasteiger charge is -2.38. The fraction of sp³-hybridized carbons (Fsp3) is 0.933. The van der Waals surface area contributed by atoms with Crippen LogP contribution in [0.3, 0.4) is 0 Å². The summed E-state index contributed by atoms with van der Waals surface area (Å²) in [5.74, 6) is -0.0334. The van der Waals surface area contributed by atoms with Gasteiger partial charge in [0.15, 0.2) is 0 Å². The minimum atomic E-state index is -0.760. The molecule has 0 spiro atoms. The Morgan fingerprint density at radius 3 is 2.45 bits per heavy atom. The number of ether oxygens (including phenoxy) is 1. The number of nitrogens with two attached hydrogens (primary N) is 1. The third-order valence-electron chi connectivity index (χ3n) is 3.87. The smallest absolute Gasteiger partial charge is 0.240 e. The van der Waals surface area contributed by atoms with Gasteiger partial charge in [-0.05, 0) is 31.6 Å². The van der Waals surface area contributed by atoms with Crippen LogP contribution < -0.4 is 11.1 Å². The Bertz CT molecular complexity index is 313. The van der Waals surface area contributed by atoms with Gasteiger partial charge < -0.3 is 15.8 Å². The summed E-state index contributed by atoms with van der Waals surface area (Å²) in [6.45, 7) is 11.1. The standard InChI is InChI=1S/C15H30N2O2.ClH/c1-6-8-15(5,16)13(18)17-11-7-9-19-12(10-11)14(2,3)4;/h11-12H,6-10,16H2,1-5H3,(H,17,18);1H. The van der Waals surface area contributed by atoms with Crippen molar-refractivity contribution in [1.29, 1.82) is 0 Å². The molecule has 0 aromatic heterocycles. The van der Waals surface area contributed by atoms with E-state index in [1.54, 1.807) is 0 Å². The first kappa shape index (κ1) is 19.7. The molecule has 0 saturated carbocycles. The van der Waals surface area contributed by atoms with E-state index in [0.717, 1.165) is 19.3 Å². The maximum absolute atomic E-state index is 12.2. The molecule has 0 bridgehead atoms. The van der Waals surface area contributed by atoms with Crippen LogP contribution in [0.2, 0.25) is 0 Å². The van der Waals surface area contributed by atoms with Crippen LogP contribution in [0, 0.1) is 5.41 Å². The molecule has 5 heteroatoms. The van der Waals surface area contributed by atoms with Crippen LogP contribution in [0.4, 0.5) is 0 Å². The third kappa shape index (κ3) is 5.58. The molecule has 20 heavy (non-hydrogen) atoms. The van der Waals surface area contributed by atoms with Gasteiger partial charge in [0.2, 0.25) is 5.91 Å². The molecule has 0 radical (unpaired) electrons. The number of hydrogen-bond donors (Lipinski definition) is 2. The Morgan fingerprint density at radius 1 is 1.35 bits per heavy atom. The molecule has 1 rings (SSSR count). The summed E-state index contributed by atoms with van der Waals surface area (Å²) >= 11 is 0. The SMILES string of the molecule is CCCC(C)(N)C(=O)NC1CCOC(C(C)(C)C)C1.Cl. The van der Waals surface area contributed by atoms with Gasteiger partial charge in [-0.15, -0.1) is 12.4 Å². The lowest BCUT2D eigenvalue weighted by atomic mass is 9.83. The maximum atomic E-state index is 12.2. The van der Waals surface area contributed by atoms with E-state index in [0.29, 0.717) is 13.0 Å². The predicted octanol–water partition coefficient (Wildman–Crippen LogP) is 2.64. The maximum Gasteiger partial charge on any atom is 0.240 e. The zero-order valence-electron chi connectivity index (χ0n) is 13.5. The van der Waals surface area contributed by atoms with Crippen molar-refractivity contribution in [2.24, 2.45) is 11.1 Å². The molecule has 4 nitrogen and oxygen atoms in total. The number of nitrogens with one attached hydrogen (secondary N) is 1. The van der Waals surface area contributed by atoms with Crippen molar-refractivity contribution in [2.75, 3.05) is 6.61 Å². The van der Waals surface area contributed by atoms with E-state index in [1.165, 1.54) is 0 Å². The second kappa shape index (κ2) is 7.62. The molecule has 1 aliphatic heterocycles. The van der Waals surface area contributed by atoms with Gasteiger partial charge in [-0.1, -0.05) is 34.1 Å². The van der Waals surface area contributed by atoms with Crippen molar-refractivity contribution >= 4 is 18.3 Å². The summed E-state index contributed by atoms with van der Waals surface area (Å²) in [5.41, 5.74) is 5.42. The summed E-state index contributed by atoms with van der Waals surface area (Å²) in [5, 5.41) is 3.10. The highest BCUT2D eigenvalue weighted by Gasteiger charge is 2.34. The highest BCUT2D eigenvalue weighted by Crippen LogP contribution is 2.29. The van der Waals surface area contributed by atoms with Crippen LogP contribution in [0.1, 0.15) is 60.3 Å². The van der Waals surface area contributed by atoms with E-state index < -0.39 is 5.54 Å². The molecule has 1 heterocycles. The molecular weight excluding hydrogens is 276 g/mol. The Kier molecular flexibility index (Phi) is 7.50. The average Bonchev–Trinajstić information content (AvgIpc) is 2.28. The van der Waals surface area contributed by atoms with Crippen LogP contribution >= 0.6 is 12.4 Å². The molecule has 1 saturated heterocycles. The summed E-state index contributed by atoms with van der Waals surface area (Å²) in [7, 11) is 0. The van der Waals surface area contributed by atoms with Gasteiger partial charge in [0.1, 0.15) is 0 Å². The topological polar surface area (TPSA) is 64.4 Å². The molecule has 120 valence electrons. The molecule has 1 amide bonds. The fourth-order valence-corrected chi connectivity index (χ4v) is 2.51. The largest absolute Gasteiger partial charge is 0.378 e. The molecule has 0 aromatic carbocycles. The highest BCUT2D eigenvalue weighted by molar-refractivity contribution is 5.86. The molecule has 0 aromatic rings. The van der Waals surface area contributed by atoms with E-state index in [9.17, 15) is 4.79 Å². The van der Waals surface area contributed by atoms with Crippen LogP contribution in [-0.2, 0) is 9.53 Å². The van der Waals surface area contributed by atoms with Crippen LogP contribution in [0.15, 0.2) is 0 Å². The van der Waals surface area contributed by atoms with Crippen LogP contribution in [0.5, 0.6) is 0 Å². The molecule has 3 unspecified atom stereocenters. The Morgan fingerprint density at radius 2 is 1.95 bits per heavy atom. The Hall–Kier alpha value is -0.320. The van der Waals surface area contributed by atoms with Crippen molar-refractivity contribution in [3.63, 3.8) is 0 Å². The monoisotopic (exact) mass is 306 g/mol. The van der Waals surface area contributed by atoms with E-state index in [2.05, 4.69) is 26.1 Å². The van der Waals surface area contributed by atoms with Crippen LogP contribution in [0.25, 0.3) is 0 Å². The van der Waals surface area contributed by atoms with E-state index >= 15 is 0 Å². The summed E-state index contributed by atoms with van der Waals surface area (Å²) < 4.78 is 5.80. The number of hydrogen-bond acceptors (Lipinski definition) is 3. The highest BCUT2D eigenvalue weighted by atomic mass is 35.5. The van der Waals surface area contributed by atoms with Gasteiger partial charge >= 0.3 is 0 Å². The second-order valence-electron chi connectivity index (χ2n) is 7.09. The number of carbonyl (C=O) groups excluding carboxylic acids is 1. The number of rotatable bonds is 4. The number of amides is 1. The average molecular weight is 307 g/mol. The molecule has 0 aliphatic carbocycles. The summed E-state index contributed by atoms with van der Waals surface area (Å²) in [6, 6.07) is 0.185. The molecule has 1 aliphatic rings. The summed E-state index contributed by atoms with van der Waals surface area (Å²) in [4.78, 5) is 12.2. The van der Waals surface area contributed by atoms with E-state index in [1.807, 2.05) is 13.8 Å². The fourth-order valence-electron chi connectivity index (χ4n) is 2.51. The first-order chi connectivity index (χ1) is 8.66. The minimum absolute atomic E-state index is 0. The van der Waals surface area contributed by atoms with E-state index in [-0.39, 0.29) is 35.9 Å². The molecule has 1 fully saturated rings. The van der Waals surface area contributed by atoms with E-state index in [4.69, 9.17) is 10.5 Å². The second-order valence-corrected chi connectivity index (χ2v) is 7.09. The minimum Gasteiger partial charge on any atom is -0.378 e. The normalized spacial score (nSPS) is 26.3. The lowest BCUT2D eigenvalue weighted by Crippen LogP contribution is -2.56. The first-order valence-corrected chi connectivity index (χ1v) is 7.38. The molecular formula is C15H31ClN2O2. The van der Waals surface area contributed by atoms with Crippen molar-refractivity contribution in [3.8, 4) is 0 Å². The van der Waals surface area contributed by atoms with Crippen molar-refractivity contribution in [3.05, 3.63) is 0 Å². The van der Waals surface area contributed by atoms with Gasteiger partial charge in [0.25, 0.3) is 0 Å². The summed E-state index contributed by atoms with van der Waals surface area (Å²) in [6.07, 6.45) is 3.57. The van der Waals surface area contributed by atoms with Crippen molar-refractivity contribution in [1.82, 2.24) is 5.32 Å². The molecule has 3 N–H and O–H groups in total. The van der Waals surface area contributed by atoms with Gasteiger partial charge in [-0.25, -0.2) is 0 Å². The van der Waals surface area contributed by atoms with Gasteiger partial charge in [-0.2, -0.15) is 0 Å². The van der Waals surface area contributed by atoms with Gasteiger partial charge in [0, 0.05) is 12.6 Å². The molecule has 3 atom stereocenters. The predicted molar refractivity (Wildman–Crippen MR) is 85.1 cm³/mol.